The van der Waals surface area contributed by atoms with Crippen molar-refractivity contribution in [2.75, 3.05) is 0 Å². The van der Waals surface area contributed by atoms with Crippen LogP contribution in [-0.4, -0.2) is 16.9 Å². The largest absolute Gasteiger partial charge is 1.00 e. The summed E-state index contributed by atoms with van der Waals surface area (Å²) >= 11 is 1.44. The van der Waals surface area contributed by atoms with E-state index < -0.39 is 5.97 Å². The van der Waals surface area contributed by atoms with Gasteiger partial charge in [0.25, 0.3) is 0 Å². The fourth-order valence-corrected chi connectivity index (χ4v) is 2.79. The van der Waals surface area contributed by atoms with Gasteiger partial charge in [-0.05, 0) is 29.8 Å². The average molecular weight is 282 g/mol. The van der Waals surface area contributed by atoms with Crippen LogP contribution in [0.1, 0.15) is 35.3 Å². The number of hydrogen-bond donors (Lipinski definition) is 1. The molecule has 0 saturated heterocycles. The molecule has 0 unspecified atom stereocenters. The molecule has 0 bridgehead atoms. The Hall–Kier alpha value is -1.34. The Morgan fingerprint density at radius 1 is 1.10 bits per heavy atom. The number of aromatic carboxylic acids is 1. The zero-order valence-electron chi connectivity index (χ0n) is 12.7. The van der Waals surface area contributed by atoms with Crippen LogP contribution in [-0.2, 0) is 0 Å². The summed E-state index contributed by atoms with van der Waals surface area (Å²) in [6.45, 7) is 3.76. The van der Waals surface area contributed by atoms with Gasteiger partial charge in [-0.2, -0.15) is 0 Å². The first-order valence-corrected chi connectivity index (χ1v) is 6.78. The van der Waals surface area contributed by atoms with E-state index in [1.165, 1.54) is 11.3 Å². The third kappa shape index (κ3) is 3.60. The van der Waals surface area contributed by atoms with Gasteiger partial charge in [-0.15, -0.1) is 11.3 Å². The normalized spacial score (nSPS) is 10.2. The van der Waals surface area contributed by atoms with E-state index in [1.54, 1.807) is 24.3 Å². The molecule has 0 atom stereocenters. The Morgan fingerprint density at radius 3 is 2.20 bits per heavy atom. The molecule has 0 amide bonds. The quantitative estimate of drug-likeness (QED) is 0.674. The Bertz CT molecular complexity index is 620. The maximum atomic E-state index is 11.9. The van der Waals surface area contributed by atoms with Crippen LogP contribution in [0.5, 0.6) is 0 Å². The summed E-state index contributed by atoms with van der Waals surface area (Å²) in [6.07, 6.45) is 0. The average Bonchev–Trinajstić information content (AvgIpc) is 2.87. The maximum Gasteiger partial charge on any atom is 1.00 e. The van der Waals surface area contributed by atoms with Crippen molar-refractivity contribution in [3.63, 3.8) is 0 Å². The summed E-state index contributed by atoms with van der Waals surface area (Å²) in [6, 6.07) is 10.4. The van der Waals surface area contributed by atoms with Crippen molar-refractivity contribution >= 4 is 23.1 Å². The van der Waals surface area contributed by atoms with Gasteiger partial charge in [0.1, 0.15) is 0 Å². The molecule has 0 spiro atoms. The number of carbonyl (C=O) groups excluding carboxylic acids is 1. The fourth-order valence-electron chi connectivity index (χ4n) is 1.69. The SMILES string of the molecule is CC(C)C(=O)c1ccc(-c2ccc(C(=O)O)cc2)s1.[H-].[Li+]. The first-order chi connectivity index (χ1) is 8.99. The Morgan fingerprint density at radius 2 is 1.70 bits per heavy atom. The van der Waals surface area contributed by atoms with Crippen molar-refractivity contribution in [2.24, 2.45) is 5.92 Å². The maximum absolute atomic E-state index is 11.9. The number of ketones is 1. The van der Waals surface area contributed by atoms with Crippen LogP contribution in [0.3, 0.4) is 0 Å². The summed E-state index contributed by atoms with van der Waals surface area (Å²) in [5, 5.41) is 8.84. The summed E-state index contributed by atoms with van der Waals surface area (Å²) in [5.74, 6) is -0.812. The molecule has 1 aromatic heterocycles. The van der Waals surface area contributed by atoms with Gasteiger partial charge in [0, 0.05) is 10.8 Å². The van der Waals surface area contributed by atoms with E-state index in [0.29, 0.717) is 0 Å². The molecule has 0 fully saturated rings. The van der Waals surface area contributed by atoms with Crippen LogP contribution in [0.2, 0.25) is 0 Å². The van der Waals surface area contributed by atoms with Crippen LogP contribution < -0.4 is 18.9 Å². The van der Waals surface area contributed by atoms with Crippen molar-refractivity contribution in [1.82, 2.24) is 0 Å². The molecule has 20 heavy (non-hydrogen) atoms. The number of thiophene rings is 1. The zero-order chi connectivity index (χ0) is 14.0. The van der Waals surface area contributed by atoms with Crippen molar-refractivity contribution in [3.05, 3.63) is 46.8 Å². The minimum Gasteiger partial charge on any atom is -1.00 e. The second kappa shape index (κ2) is 6.89. The van der Waals surface area contributed by atoms with Gasteiger partial charge in [-0.3, -0.25) is 4.79 Å². The van der Waals surface area contributed by atoms with Gasteiger partial charge < -0.3 is 6.53 Å². The Kier molecular flexibility index (Phi) is 5.76. The van der Waals surface area contributed by atoms with Crippen LogP contribution in [0.25, 0.3) is 10.4 Å². The van der Waals surface area contributed by atoms with E-state index in [1.807, 2.05) is 26.0 Å². The molecule has 1 heterocycles. The van der Waals surface area contributed by atoms with E-state index in [-0.39, 0.29) is 37.6 Å². The number of Topliss-reactive ketones (excluding diaryl/α,β-unsaturated/α-hetero) is 1. The van der Waals surface area contributed by atoms with E-state index in [9.17, 15) is 9.59 Å². The predicted octanol–water partition coefficient (Wildman–Crippen LogP) is 1.07. The Labute approximate surface area is 135 Å². The summed E-state index contributed by atoms with van der Waals surface area (Å²) in [4.78, 5) is 24.4. The van der Waals surface area contributed by atoms with Crippen molar-refractivity contribution in [2.45, 2.75) is 13.8 Å². The first kappa shape index (κ1) is 16.7. The second-order valence-electron chi connectivity index (χ2n) is 4.57. The fraction of sp³-hybridized carbons (Fsp3) is 0.200. The van der Waals surface area contributed by atoms with Gasteiger partial charge in [0.2, 0.25) is 0 Å². The molecule has 100 valence electrons. The molecule has 0 aliphatic heterocycles. The molecule has 0 radical (unpaired) electrons. The van der Waals surface area contributed by atoms with Crippen LogP contribution in [0.15, 0.2) is 36.4 Å². The molecule has 0 saturated carbocycles. The van der Waals surface area contributed by atoms with E-state index in [0.717, 1.165) is 15.3 Å². The van der Waals surface area contributed by atoms with Crippen LogP contribution in [0, 0.1) is 5.92 Å². The van der Waals surface area contributed by atoms with Crippen LogP contribution >= 0.6 is 11.3 Å². The zero-order valence-corrected chi connectivity index (χ0v) is 12.5. The smallest absolute Gasteiger partial charge is 1.00 e. The molecule has 1 aromatic carbocycles. The van der Waals surface area contributed by atoms with Gasteiger partial charge in [0.05, 0.1) is 10.4 Å². The van der Waals surface area contributed by atoms with E-state index >= 15 is 0 Å². The summed E-state index contributed by atoms with van der Waals surface area (Å²) < 4.78 is 0. The molecular weight excluding hydrogens is 267 g/mol. The predicted molar refractivity (Wildman–Crippen MR) is 77.0 cm³/mol. The van der Waals surface area contributed by atoms with Gasteiger partial charge in [-0.25, -0.2) is 4.79 Å². The molecule has 3 nitrogen and oxygen atoms in total. The molecule has 0 aliphatic carbocycles. The van der Waals surface area contributed by atoms with Crippen molar-refractivity contribution in [3.8, 4) is 10.4 Å². The molecule has 2 rings (SSSR count). The second-order valence-corrected chi connectivity index (χ2v) is 5.65. The van der Waals surface area contributed by atoms with Crippen LogP contribution in [0.4, 0.5) is 0 Å². The van der Waals surface area contributed by atoms with Gasteiger partial charge >= 0.3 is 24.8 Å². The van der Waals surface area contributed by atoms with E-state index in [2.05, 4.69) is 0 Å². The van der Waals surface area contributed by atoms with Gasteiger partial charge in [-0.1, -0.05) is 26.0 Å². The topological polar surface area (TPSA) is 54.4 Å². The standard InChI is InChI=1S/C15H14O3S.Li.H/c1-9(2)14(16)13-8-7-12(19-13)10-3-5-11(6-4-10)15(17)18;;/h3-9H,1-2H3,(H,17,18);;/q;+1;-1. The minimum absolute atomic E-state index is 0. The number of rotatable bonds is 4. The number of carboxylic acids is 1. The monoisotopic (exact) mass is 282 g/mol. The number of hydrogen-bond acceptors (Lipinski definition) is 3. The third-order valence-electron chi connectivity index (χ3n) is 2.79. The van der Waals surface area contributed by atoms with Gasteiger partial charge in [0.15, 0.2) is 5.78 Å². The Balaban J connectivity index is 0.00000200. The summed E-state index contributed by atoms with van der Waals surface area (Å²) in [5.41, 5.74) is 1.19. The summed E-state index contributed by atoms with van der Waals surface area (Å²) in [7, 11) is 0. The molecule has 1 N–H and O–H groups in total. The first-order valence-electron chi connectivity index (χ1n) is 5.97. The number of carboxylic acid groups (broad SMARTS) is 1. The molecular formula is C15H15LiO3S. The van der Waals surface area contributed by atoms with E-state index in [4.69, 9.17) is 5.11 Å². The molecule has 0 aliphatic rings. The third-order valence-corrected chi connectivity index (χ3v) is 3.94. The minimum atomic E-state index is -0.937. The number of carbonyl (C=O) groups is 2. The molecule has 2 aromatic rings. The number of benzene rings is 1. The molecule has 5 heteroatoms. The van der Waals surface area contributed by atoms with Crippen molar-refractivity contribution < 1.29 is 35.0 Å². The van der Waals surface area contributed by atoms with Crippen molar-refractivity contribution in [1.29, 1.82) is 0 Å².